The van der Waals surface area contributed by atoms with E-state index in [2.05, 4.69) is 26.0 Å². The van der Waals surface area contributed by atoms with E-state index < -0.39 is 0 Å². The van der Waals surface area contributed by atoms with Crippen molar-refractivity contribution >= 4 is 5.97 Å². The number of unbranched alkanes of at least 4 members (excludes halogenated alkanes) is 4. The predicted molar refractivity (Wildman–Crippen MR) is 82.1 cm³/mol. The van der Waals surface area contributed by atoms with Gasteiger partial charge in [-0.2, -0.15) is 0 Å². The number of allylic oxidation sites excluding steroid dienone is 4. The Hall–Kier alpha value is -1.05. The van der Waals surface area contributed by atoms with Gasteiger partial charge in [-0.1, -0.05) is 36.6 Å². The van der Waals surface area contributed by atoms with Gasteiger partial charge in [-0.3, -0.25) is 4.79 Å². The van der Waals surface area contributed by atoms with Gasteiger partial charge < -0.3 is 4.74 Å². The van der Waals surface area contributed by atoms with Crippen molar-refractivity contribution in [2.75, 3.05) is 6.61 Å². The smallest absolute Gasteiger partial charge is 0.305 e. The van der Waals surface area contributed by atoms with Gasteiger partial charge >= 0.3 is 5.97 Å². The van der Waals surface area contributed by atoms with Gasteiger partial charge in [-0.25, -0.2) is 0 Å². The highest BCUT2D eigenvalue weighted by Gasteiger charge is 2.01. The second-order valence-electron chi connectivity index (χ2n) is 4.98. The molecule has 0 radical (unpaired) electrons. The van der Waals surface area contributed by atoms with Gasteiger partial charge in [-0.15, -0.1) is 0 Å². The van der Waals surface area contributed by atoms with Gasteiger partial charge in [0.1, 0.15) is 0 Å². The van der Waals surface area contributed by atoms with E-state index in [1.807, 2.05) is 13.0 Å². The van der Waals surface area contributed by atoms with Crippen molar-refractivity contribution < 1.29 is 9.53 Å². The van der Waals surface area contributed by atoms with Crippen molar-refractivity contribution in [3.63, 3.8) is 0 Å². The summed E-state index contributed by atoms with van der Waals surface area (Å²) in [6.45, 7) is 6.82. The summed E-state index contributed by atoms with van der Waals surface area (Å²) in [5.74, 6) is -0.0369. The molecule has 0 aliphatic heterocycles. The lowest BCUT2D eigenvalue weighted by Crippen LogP contribution is -2.05. The molecule has 0 saturated heterocycles. The Labute approximate surface area is 118 Å². The van der Waals surface area contributed by atoms with Gasteiger partial charge in [0.05, 0.1) is 6.61 Å². The quantitative estimate of drug-likeness (QED) is 0.292. The van der Waals surface area contributed by atoms with E-state index in [9.17, 15) is 4.79 Å². The summed E-state index contributed by atoms with van der Waals surface area (Å²) in [7, 11) is 0. The van der Waals surface area contributed by atoms with Crippen LogP contribution in [0, 0.1) is 0 Å². The molecule has 0 aromatic rings. The SMILES string of the molecule is C/C=C\CCCOC(=O)CCCCCC/C(C)=C\C. The largest absolute Gasteiger partial charge is 0.466 e. The summed E-state index contributed by atoms with van der Waals surface area (Å²) in [5.41, 5.74) is 1.46. The molecule has 110 valence electrons. The normalized spacial score (nSPS) is 12.1. The van der Waals surface area contributed by atoms with Crippen LogP contribution < -0.4 is 0 Å². The first-order chi connectivity index (χ1) is 9.20. The number of carbonyl (C=O) groups is 1. The minimum Gasteiger partial charge on any atom is -0.466 e. The third-order valence-corrected chi connectivity index (χ3v) is 3.21. The number of hydrogen-bond acceptors (Lipinski definition) is 2. The Morgan fingerprint density at radius 1 is 1.00 bits per heavy atom. The van der Waals surface area contributed by atoms with Crippen LogP contribution >= 0.6 is 0 Å². The molecule has 0 aromatic carbocycles. The monoisotopic (exact) mass is 266 g/mol. The van der Waals surface area contributed by atoms with Crippen LogP contribution in [0.25, 0.3) is 0 Å². The molecule has 0 aromatic heterocycles. The summed E-state index contributed by atoms with van der Waals surface area (Å²) in [5, 5.41) is 0. The number of hydrogen-bond donors (Lipinski definition) is 0. The van der Waals surface area contributed by atoms with Crippen LogP contribution in [-0.4, -0.2) is 12.6 Å². The molecular formula is C17H30O2. The van der Waals surface area contributed by atoms with Crippen molar-refractivity contribution in [2.45, 2.75) is 72.1 Å². The zero-order chi connectivity index (χ0) is 14.3. The zero-order valence-corrected chi connectivity index (χ0v) is 12.9. The van der Waals surface area contributed by atoms with E-state index in [0.29, 0.717) is 13.0 Å². The van der Waals surface area contributed by atoms with E-state index in [1.54, 1.807) is 0 Å². The van der Waals surface area contributed by atoms with E-state index >= 15 is 0 Å². The third kappa shape index (κ3) is 13.2. The summed E-state index contributed by atoms with van der Waals surface area (Å²) >= 11 is 0. The fourth-order valence-electron chi connectivity index (χ4n) is 1.80. The first kappa shape index (κ1) is 17.9. The van der Waals surface area contributed by atoms with Crippen molar-refractivity contribution in [1.82, 2.24) is 0 Å². The molecule has 0 amide bonds. The maximum atomic E-state index is 11.4. The van der Waals surface area contributed by atoms with Crippen LogP contribution in [0.5, 0.6) is 0 Å². The molecule has 0 spiro atoms. The van der Waals surface area contributed by atoms with E-state index in [1.165, 1.54) is 24.8 Å². The van der Waals surface area contributed by atoms with Crippen LogP contribution in [0.4, 0.5) is 0 Å². The number of ether oxygens (including phenoxy) is 1. The fraction of sp³-hybridized carbons (Fsp3) is 0.706. The summed E-state index contributed by atoms with van der Waals surface area (Å²) < 4.78 is 5.17. The minimum atomic E-state index is -0.0369. The van der Waals surface area contributed by atoms with Crippen molar-refractivity contribution in [2.24, 2.45) is 0 Å². The predicted octanol–water partition coefficient (Wildman–Crippen LogP) is 5.19. The first-order valence-corrected chi connectivity index (χ1v) is 7.59. The molecule has 19 heavy (non-hydrogen) atoms. The van der Waals surface area contributed by atoms with E-state index in [-0.39, 0.29) is 5.97 Å². The van der Waals surface area contributed by atoms with Crippen LogP contribution in [-0.2, 0) is 9.53 Å². The molecule has 0 N–H and O–H groups in total. The Bertz CT molecular complexity index is 277. The lowest BCUT2D eigenvalue weighted by molar-refractivity contribution is -0.143. The minimum absolute atomic E-state index is 0.0369. The highest BCUT2D eigenvalue weighted by molar-refractivity contribution is 5.69. The molecule has 2 nitrogen and oxygen atoms in total. The first-order valence-electron chi connectivity index (χ1n) is 7.59. The molecule has 0 aliphatic carbocycles. The van der Waals surface area contributed by atoms with Gasteiger partial charge in [-0.05, 0) is 52.9 Å². The maximum Gasteiger partial charge on any atom is 0.305 e. The summed E-state index contributed by atoms with van der Waals surface area (Å²) in [6, 6.07) is 0. The summed E-state index contributed by atoms with van der Waals surface area (Å²) in [4.78, 5) is 11.4. The molecule has 0 atom stereocenters. The highest BCUT2D eigenvalue weighted by atomic mass is 16.5. The molecule has 0 saturated carbocycles. The molecule has 0 bridgehead atoms. The Balaban J connectivity index is 3.29. The van der Waals surface area contributed by atoms with Gasteiger partial charge in [0, 0.05) is 6.42 Å². The third-order valence-electron chi connectivity index (χ3n) is 3.21. The molecule has 0 aliphatic rings. The van der Waals surface area contributed by atoms with Crippen molar-refractivity contribution in [3.8, 4) is 0 Å². The average Bonchev–Trinajstić information content (AvgIpc) is 2.42. The average molecular weight is 266 g/mol. The maximum absolute atomic E-state index is 11.4. The summed E-state index contributed by atoms with van der Waals surface area (Å²) in [6.07, 6.45) is 14.5. The lowest BCUT2D eigenvalue weighted by atomic mass is 10.1. The van der Waals surface area contributed by atoms with Gasteiger partial charge in [0.15, 0.2) is 0 Å². The number of carbonyl (C=O) groups excluding carboxylic acids is 1. The van der Waals surface area contributed by atoms with E-state index in [4.69, 9.17) is 4.74 Å². The van der Waals surface area contributed by atoms with Crippen molar-refractivity contribution in [3.05, 3.63) is 23.8 Å². The zero-order valence-electron chi connectivity index (χ0n) is 12.9. The molecule has 0 heterocycles. The number of rotatable bonds is 11. The van der Waals surface area contributed by atoms with Crippen LogP contribution in [0.3, 0.4) is 0 Å². The lowest BCUT2D eigenvalue weighted by Gasteiger charge is -2.04. The highest BCUT2D eigenvalue weighted by Crippen LogP contribution is 2.10. The molecule has 0 unspecified atom stereocenters. The standard InChI is InChI=1S/C17H30O2/c1-4-6-7-12-15-19-17(18)14-11-9-8-10-13-16(3)5-2/h4-6H,7-15H2,1-3H3/b6-4-,16-5-. The van der Waals surface area contributed by atoms with Crippen LogP contribution in [0.2, 0.25) is 0 Å². The Kier molecular flexibility index (Phi) is 12.6. The van der Waals surface area contributed by atoms with Gasteiger partial charge in [0.25, 0.3) is 0 Å². The Morgan fingerprint density at radius 3 is 2.32 bits per heavy atom. The van der Waals surface area contributed by atoms with E-state index in [0.717, 1.165) is 25.7 Å². The molecular weight excluding hydrogens is 236 g/mol. The fourth-order valence-corrected chi connectivity index (χ4v) is 1.80. The van der Waals surface area contributed by atoms with Crippen molar-refractivity contribution in [1.29, 1.82) is 0 Å². The van der Waals surface area contributed by atoms with Crippen LogP contribution in [0.1, 0.15) is 72.1 Å². The molecule has 0 fully saturated rings. The van der Waals surface area contributed by atoms with Crippen LogP contribution in [0.15, 0.2) is 23.8 Å². The molecule has 0 rings (SSSR count). The van der Waals surface area contributed by atoms with Gasteiger partial charge in [0.2, 0.25) is 0 Å². The number of esters is 1. The Morgan fingerprint density at radius 2 is 1.68 bits per heavy atom. The topological polar surface area (TPSA) is 26.3 Å². The molecule has 2 heteroatoms. The second kappa shape index (κ2) is 13.4. The second-order valence-corrected chi connectivity index (χ2v) is 4.98.